The van der Waals surface area contributed by atoms with E-state index in [0.717, 1.165) is 18.9 Å². The van der Waals surface area contributed by atoms with Crippen molar-refractivity contribution in [3.8, 4) is 16.9 Å². The van der Waals surface area contributed by atoms with Crippen LogP contribution in [0.15, 0.2) is 37.2 Å². The Hall–Kier alpha value is -2.48. The van der Waals surface area contributed by atoms with E-state index in [-0.39, 0.29) is 11.6 Å². The lowest BCUT2D eigenvalue weighted by molar-refractivity contribution is -0.141. The minimum absolute atomic E-state index is 0.128. The van der Waals surface area contributed by atoms with Crippen LogP contribution in [0.2, 0.25) is 5.02 Å². The Balaban J connectivity index is 2.02. The third-order valence-corrected chi connectivity index (χ3v) is 4.16. The van der Waals surface area contributed by atoms with Crippen LogP contribution in [-0.4, -0.2) is 24.7 Å². The maximum absolute atomic E-state index is 13.4. The molecule has 0 unspecified atom stereocenters. The third kappa shape index (κ3) is 3.09. The number of halogens is 4. The summed E-state index contributed by atoms with van der Waals surface area (Å²) in [5.41, 5.74) is 0.733. The second kappa shape index (κ2) is 5.80. The first-order chi connectivity index (χ1) is 11.9. The Labute approximate surface area is 145 Å². The van der Waals surface area contributed by atoms with E-state index in [0.29, 0.717) is 21.8 Å². The van der Waals surface area contributed by atoms with Gasteiger partial charge in [0.2, 0.25) is 0 Å². The summed E-state index contributed by atoms with van der Waals surface area (Å²) in [5.74, 6) is 0.128. The summed E-state index contributed by atoms with van der Waals surface area (Å²) in [6.07, 6.45) is 2.73. The maximum Gasteiger partial charge on any atom is 0.433 e. The summed E-state index contributed by atoms with van der Waals surface area (Å²) in [7, 11) is 0. The molecule has 128 valence electrons. The molecule has 3 aromatic heterocycles. The van der Waals surface area contributed by atoms with Gasteiger partial charge < -0.3 is 0 Å². The van der Waals surface area contributed by atoms with E-state index < -0.39 is 11.9 Å². The second-order valence-electron chi connectivity index (χ2n) is 5.79. The Bertz CT molecular complexity index is 920. The summed E-state index contributed by atoms with van der Waals surface area (Å²) in [4.78, 5) is 11.7. The Morgan fingerprint density at radius 2 is 1.92 bits per heavy atom. The standard InChI is InChI=1S/C16H11ClF3N5/c17-11-3-10(5-21-6-11)15-14(9-1-2-9)12(25-8-22-7-23-25)4-13(24-15)16(18,19)20/h3-9H,1-2H2. The Morgan fingerprint density at radius 3 is 2.52 bits per heavy atom. The molecule has 1 saturated carbocycles. The topological polar surface area (TPSA) is 56.5 Å². The van der Waals surface area contributed by atoms with Gasteiger partial charge in [-0.05, 0) is 30.9 Å². The average molecular weight is 366 g/mol. The Kier molecular flexibility index (Phi) is 3.72. The van der Waals surface area contributed by atoms with Gasteiger partial charge in [0, 0.05) is 23.5 Å². The minimum atomic E-state index is -4.59. The molecular weight excluding hydrogens is 355 g/mol. The predicted molar refractivity (Wildman–Crippen MR) is 84.4 cm³/mol. The highest BCUT2D eigenvalue weighted by Crippen LogP contribution is 2.47. The van der Waals surface area contributed by atoms with Crippen molar-refractivity contribution in [2.75, 3.05) is 0 Å². The van der Waals surface area contributed by atoms with Crippen molar-refractivity contribution in [1.29, 1.82) is 0 Å². The van der Waals surface area contributed by atoms with E-state index >= 15 is 0 Å². The smallest absolute Gasteiger partial charge is 0.262 e. The number of rotatable bonds is 3. The van der Waals surface area contributed by atoms with Gasteiger partial charge in [-0.15, -0.1) is 0 Å². The molecule has 9 heteroatoms. The van der Waals surface area contributed by atoms with E-state index in [4.69, 9.17) is 11.6 Å². The van der Waals surface area contributed by atoms with E-state index in [1.807, 2.05) is 0 Å². The van der Waals surface area contributed by atoms with Gasteiger partial charge in [-0.2, -0.15) is 18.3 Å². The third-order valence-electron chi connectivity index (χ3n) is 3.96. The van der Waals surface area contributed by atoms with Crippen LogP contribution in [0.4, 0.5) is 13.2 Å². The second-order valence-corrected chi connectivity index (χ2v) is 6.23. The van der Waals surface area contributed by atoms with E-state index in [2.05, 4.69) is 20.1 Å². The number of alkyl halides is 3. The maximum atomic E-state index is 13.4. The highest BCUT2D eigenvalue weighted by atomic mass is 35.5. The van der Waals surface area contributed by atoms with Crippen LogP contribution >= 0.6 is 11.6 Å². The lowest BCUT2D eigenvalue weighted by atomic mass is 10.0. The van der Waals surface area contributed by atoms with Gasteiger partial charge in [-0.1, -0.05) is 11.6 Å². The van der Waals surface area contributed by atoms with Gasteiger partial charge in [0.1, 0.15) is 18.3 Å². The molecule has 1 aliphatic rings. The highest BCUT2D eigenvalue weighted by Gasteiger charge is 2.38. The molecule has 0 aromatic carbocycles. The van der Waals surface area contributed by atoms with E-state index in [1.54, 1.807) is 6.07 Å². The monoisotopic (exact) mass is 365 g/mol. The first-order valence-corrected chi connectivity index (χ1v) is 7.89. The molecule has 1 fully saturated rings. The molecule has 25 heavy (non-hydrogen) atoms. The van der Waals surface area contributed by atoms with E-state index in [1.165, 1.54) is 29.7 Å². The van der Waals surface area contributed by atoms with Crippen LogP contribution < -0.4 is 0 Å². The number of nitrogens with zero attached hydrogens (tertiary/aromatic N) is 5. The van der Waals surface area contributed by atoms with E-state index in [9.17, 15) is 13.2 Å². The fraction of sp³-hybridized carbons (Fsp3) is 0.250. The van der Waals surface area contributed by atoms with Gasteiger partial charge in [0.15, 0.2) is 0 Å². The molecule has 0 saturated heterocycles. The largest absolute Gasteiger partial charge is 0.433 e. The van der Waals surface area contributed by atoms with Gasteiger partial charge >= 0.3 is 6.18 Å². The normalized spacial score (nSPS) is 14.7. The summed E-state index contributed by atoms with van der Waals surface area (Å²) >= 11 is 5.97. The average Bonchev–Trinajstić information content (AvgIpc) is 3.26. The fourth-order valence-electron chi connectivity index (χ4n) is 2.74. The van der Waals surface area contributed by atoms with Crippen LogP contribution in [0.3, 0.4) is 0 Å². The molecule has 0 aliphatic heterocycles. The fourth-order valence-corrected chi connectivity index (χ4v) is 2.92. The van der Waals surface area contributed by atoms with Crippen LogP contribution in [0.1, 0.15) is 30.0 Å². The molecule has 0 amide bonds. The molecule has 0 atom stereocenters. The summed E-state index contributed by atoms with van der Waals surface area (Å²) in [6, 6.07) is 2.58. The van der Waals surface area contributed by atoms with Crippen molar-refractivity contribution in [3.05, 3.63) is 53.5 Å². The zero-order valence-electron chi connectivity index (χ0n) is 12.7. The first kappa shape index (κ1) is 16.0. The zero-order chi connectivity index (χ0) is 17.6. The van der Waals surface area contributed by atoms with Gasteiger partial charge in [-0.3, -0.25) is 4.98 Å². The highest BCUT2D eigenvalue weighted by molar-refractivity contribution is 6.30. The van der Waals surface area contributed by atoms with Crippen molar-refractivity contribution < 1.29 is 13.2 Å². The summed E-state index contributed by atoms with van der Waals surface area (Å²) in [6.45, 7) is 0. The van der Waals surface area contributed by atoms with Crippen LogP contribution in [0, 0.1) is 0 Å². The lowest BCUT2D eigenvalue weighted by Gasteiger charge is -2.17. The molecule has 5 nitrogen and oxygen atoms in total. The molecule has 3 aromatic rings. The summed E-state index contributed by atoms with van der Waals surface area (Å²) in [5, 5.41) is 4.34. The Morgan fingerprint density at radius 1 is 1.12 bits per heavy atom. The van der Waals surface area contributed by atoms with Crippen LogP contribution in [0.5, 0.6) is 0 Å². The van der Waals surface area contributed by atoms with Crippen molar-refractivity contribution in [2.45, 2.75) is 24.9 Å². The molecule has 0 N–H and O–H groups in total. The quantitative estimate of drug-likeness (QED) is 0.695. The van der Waals surface area contributed by atoms with Crippen LogP contribution in [0.25, 0.3) is 16.9 Å². The number of pyridine rings is 2. The molecule has 1 aliphatic carbocycles. The van der Waals surface area contributed by atoms with Crippen molar-refractivity contribution >= 4 is 11.6 Å². The molecule has 4 rings (SSSR count). The number of hydrogen-bond acceptors (Lipinski definition) is 4. The van der Waals surface area contributed by atoms with Gasteiger partial charge in [0.05, 0.1) is 16.4 Å². The van der Waals surface area contributed by atoms with Crippen molar-refractivity contribution in [3.63, 3.8) is 0 Å². The zero-order valence-corrected chi connectivity index (χ0v) is 13.5. The van der Waals surface area contributed by atoms with Gasteiger partial charge in [-0.25, -0.2) is 14.6 Å². The number of hydrogen-bond donors (Lipinski definition) is 0. The molecule has 3 heterocycles. The first-order valence-electron chi connectivity index (χ1n) is 7.51. The van der Waals surface area contributed by atoms with Crippen molar-refractivity contribution in [2.24, 2.45) is 0 Å². The minimum Gasteiger partial charge on any atom is -0.262 e. The lowest BCUT2D eigenvalue weighted by Crippen LogP contribution is -2.13. The van der Waals surface area contributed by atoms with Crippen LogP contribution in [-0.2, 0) is 6.18 Å². The SMILES string of the molecule is FC(F)(F)c1cc(-n2cncn2)c(C2CC2)c(-c2cncc(Cl)c2)n1. The predicted octanol–water partition coefficient (Wildman–Crippen LogP) is 4.27. The molecule has 0 spiro atoms. The number of aromatic nitrogens is 5. The van der Waals surface area contributed by atoms with Gasteiger partial charge in [0.25, 0.3) is 0 Å². The van der Waals surface area contributed by atoms with Crippen molar-refractivity contribution in [1.82, 2.24) is 24.7 Å². The summed E-state index contributed by atoms with van der Waals surface area (Å²) < 4.78 is 41.5. The molecular formula is C16H11ClF3N5. The molecule has 0 radical (unpaired) electrons. The molecule has 0 bridgehead atoms.